The molecule has 0 bridgehead atoms. The van der Waals surface area contributed by atoms with E-state index in [0.29, 0.717) is 11.4 Å². The van der Waals surface area contributed by atoms with Crippen molar-refractivity contribution in [2.24, 2.45) is 7.05 Å². The summed E-state index contributed by atoms with van der Waals surface area (Å²) in [5.41, 5.74) is 1.81. The van der Waals surface area contributed by atoms with Crippen molar-refractivity contribution in [3.63, 3.8) is 0 Å². The molecule has 0 spiro atoms. The van der Waals surface area contributed by atoms with Crippen molar-refractivity contribution in [2.45, 2.75) is 6.92 Å². The number of hydrogen-bond acceptors (Lipinski definition) is 2. The smallest absolute Gasteiger partial charge is 0.335 e. The molecule has 2 N–H and O–H groups in total. The molecule has 2 aromatic rings. The van der Waals surface area contributed by atoms with Crippen LogP contribution in [0.1, 0.15) is 26.5 Å². The van der Waals surface area contributed by atoms with Crippen molar-refractivity contribution < 1.29 is 14.7 Å². The number of amides is 1. The van der Waals surface area contributed by atoms with Gasteiger partial charge in [-0.3, -0.25) is 4.79 Å². The van der Waals surface area contributed by atoms with Crippen LogP contribution in [-0.4, -0.2) is 21.6 Å². The Hall–Kier alpha value is -2.27. The Bertz CT molecular complexity index is 692. The second kappa shape index (κ2) is 5.38. The van der Waals surface area contributed by atoms with Crippen LogP contribution in [0.5, 0.6) is 0 Å². The van der Waals surface area contributed by atoms with Crippen molar-refractivity contribution in [3.05, 3.63) is 52.3 Å². The van der Waals surface area contributed by atoms with Gasteiger partial charge < -0.3 is 15.0 Å². The third-order valence-corrected chi connectivity index (χ3v) is 3.23. The van der Waals surface area contributed by atoms with Crippen molar-refractivity contribution in [2.75, 3.05) is 5.32 Å². The van der Waals surface area contributed by atoms with E-state index in [1.807, 2.05) is 13.0 Å². The molecular formula is C14H13ClN2O3. The van der Waals surface area contributed by atoms with Gasteiger partial charge in [0.05, 0.1) is 5.56 Å². The first kappa shape index (κ1) is 14.1. The van der Waals surface area contributed by atoms with E-state index in [2.05, 4.69) is 5.32 Å². The highest BCUT2D eigenvalue weighted by atomic mass is 35.5. The molecule has 0 radical (unpaired) electrons. The highest BCUT2D eigenvalue weighted by molar-refractivity contribution is 6.31. The van der Waals surface area contributed by atoms with Crippen molar-refractivity contribution >= 4 is 29.2 Å². The van der Waals surface area contributed by atoms with Gasteiger partial charge >= 0.3 is 5.97 Å². The van der Waals surface area contributed by atoms with E-state index in [4.69, 9.17) is 16.7 Å². The lowest BCUT2D eigenvalue weighted by molar-refractivity contribution is 0.0696. The monoisotopic (exact) mass is 292 g/mol. The Morgan fingerprint density at radius 2 is 1.95 bits per heavy atom. The molecule has 20 heavy (non-hydrogen) atoms. The Labute approximate surface area is 120 Å². The molecule has 104 valence electrons. The van der Waals surface area contributed by atoms with Gasteiger partial charge in [0.25, 0.3) is 5.91 Å². The van der Waals surface area contributed by atoms with E-state index in [-0.39, 0.29) is 16.5 Å². The Morgan fingerprint density at radius 3 is 2.50 bits per heavy atom. The van der Waals surface area contributed by atoms with Gasteiger partial charge in [-0.15, -0.1) is 0 Å². The number of carboxylic acids is 1. The molecule has 0 aliphatic carbocycles. The number of aromatic nitrogens is 1. The molecule has 0 aliphatic rings. The van der Waals surface area contributed by atoms with Gasteiger partial charge in [-0.05, 0) is 37.3 Å². The van der Waals surface area contributed by atoms with E-state index in [0.717, 1.165) is 5.69 Å². The minimum atomic E-state index is -1.10. The molecule has 0 unspecified atom stereocenters. The van der Waals surface area contributed by atoms with Crippen LogP contribution < -0.4 is 5.32 Å². The minimum Gasteiger partial charge on any atom is -0.478 e. The van der Waals surface area contributed by atoms with Gasteiger partial charge in [0.15, 0.2) is 0 Å². The number of nitrogens with zero attached hydrogens (tertiary/aromatic N) is 1. The average Bonchev–Trinajstić information content (AvgIpc) is 2.69. The number of nitrogens with one attached hydrogen (secondary N) is 1. The van der Waals surface area contributed by atoms with E-state index in [9.17, 15) is 9.59 Å². The fraction of sp³-hybridized carbons (Fsp3) is 0.143. The number of hydrogen-bond donors (Lipinski definition) is 2. The molecule has 1 heterocycles. The van der Waals surface area contributed by atoms with Crippen LogP contribution in [0.25, 0.3) is 0 Å². The zero-order valence-electron chi connectivity index (χ0n) is 11.0. The quantitative estimate of drug-likeness (QED) is 0.913. The first-order chi connectivity index (χ1) is 9.38. The number of benzene rings is 1. The van der Waals surface area contributed by atoms with Crippen molar-refractivity contribution in [1.29, 1.82) is 0 Å². The molecule has 0 fully saturated rings. The fourth-order valence-corrected chi connectivity index (χ4v) is 2.06. The lowest BCUT2D eigenvalue weighted by Gasteiger charge is -2.08. The van der Waals surface area contributed by atoms with E-state index >= 15 is 0 Å². The van der Waals surface area contributed by atoms with Crippen LogP contribution in [0.2, 0.25) is 5.02 Å². The van der Waals surface area contributed by atoms with Gasteiger partial charge in [0.2, 0.25) is 0 Å². The molecule has 1 aromatic carbocycles. The SMILES string of the molecule is Cc1ccc(C(=O)Nc2cc(Cl)cc(C(=O)O)c2)n1C. The van der Waals surface area contributed by atoms with Crippen LogP contribution in [0.15, 0.2) is 30.3 Å². The number of carbonyl (C=O) groups excluding carboxylic acids is 1. The summed E-state index contributed by atoms with van der Waals surface area (Å²) in [6.45, 7) is 1.89. The zero-order chi connectivity index (χ0) is 14.9. The molecule has 0 aliphatic heterocycles. The van der Waals surface area contributed by atoms with E-state index < -0.39 is 5.97 Å². The summed E-state index contributed by atoms with van der Waals surface area (Å²) in [6, 6.07) is 7.72. The molecule has 1 amide bonds. The van der Waals surface area contributed by atoms with Gasteiger partial charge in [-0.1, -0.05) is 11.6 Å². The number of aryl methyl sites for hydroxylation is 1. The van der Waals surface area contributed by atoms with Gasteiger partial charge in [-0.25, -0.2) is 4.79 Å². The topological polar surface area (TPSA) is 71.3 Å². The summed E-state index contributed by atoms with van der Waals surface area (Å²) in [5, 5.41) is 11.9. The Kier molecular flexibility index (Phi) is 3.81. The Balaban J connectivity index is 2.28. The number of halogens is 1. The van der Waals surface area contributed by atoms with Crippen molar-refractivity contribution in [3.8, 4) is 0 Å². The third kappa shape index (κ3) is 2.83. The maximum atomic E-state index is 12.1. The molecule has 6 heteroatoms. The van der Waals surface area contributed by atoms with Crippen LogP contribution in [0, 0.1) is 6.92 Å². The lowest BCUT2D eigenvalue weighted by atomic mass is 10.2. The predicted molar refractivity (Wildman–Crippen MR) is 76.5 cm³/mol. The largest absolute Gasteiger partial charge is 0.478 e. The minimum absolute atomic E-state index is 0.0239. The number of rotatable bonds is 3. The maximum Gasteiger partial charge on any atom is 0.335 e. The number of carboxylic acid groups (broad SMARTS) is 1. The Morgan fingerprint density at radius 1 is 1.25 bits per heavy atom. The van der Waals surface area contributed by atoms with E-state index in [1.54, 1.807) is 17.7 Å². The third-order valence-electron chi connectivity index (χ3n) is 3.01. The fourth-order valence-electron chi connectivity index (χ4n) is 1.82. The van der Waals surface area contributed by atoms with Crippen LogP contribution in [0.3, 0.4) is 0 Å². The summed E-state index contributed by atoms with van der Waals surface area (Å²) in [4.78, 5) is 23.1. The second-order valence-electron chi connectivity index (χ2n) is 4.41. The van der Waals surface area contributed by atoms with Gasteiger partial charge in [0.1, 0.15) is 5.69 Å². The standard InChI is InChI=1S/C14H13ClN2O3/c1-8-3-4-12(17(8)2)13(18)16-11-6-9(14(19)20)5-10(15)7-11/h3-7H,1-2H3,(H,16,18)(H,19,20). The van der Waals surface area contributed by atoms with Gasteiger partial charge in [-0.2, -0.15) is 0 Å². The van der Waals surface area contributed by atoms with Crippen LogP contribution in [0.4, 0.5) is 5.69 Å². The number of aromatic carboxylic acids is 1. The summed E-state index contributed by atoms with van der Waals surface area (Å²) >= 11 is 5.84. The second-order valence-corrected chi connectivity index (χ2v) is 4.84. The number of carbonyl (C=O) groups is 2. The average molecular weight is 293 g/mol. The summed E-state index contributed by atoms with van der Waals surface area (Å²) in [6.07, 6.45) is 0. The normalized spacial score (nSPS) is 10.3. The van der Waals surface area contributed by atoms with Crippen molar-refractivity contribution in [1.82, 2.24) is 4.57 Å². The molecular weight excluding hydrogens is 280 g/mol. The summed E-state index contributed by atoms with van der Waals surface area (Å²) < 4.78 is 1.75. The van der Waals surface area contributed by atoms with Gasteiger partial charge in [0, 0.05) is 23.5 Å². The highest BCUT2D eigenvalue weighted by Crippen LogP contribution is 2.20. The van der Waals surface area contributed by atoms with Crippen LogP contribution in [-0.2, 0) is 7.05 Å². The molecule has 5 nitrogen and oxygen atoms in total. The summed E-state index contributed by atoms with van der Waals surface area (Å²) in [7, 11) is 1.78. The molecule has 1 aromatic heterocycles. The first-order valence-corrected chi connectivity index (χ1v) is 6.24. The highest BCUT2D eigenvalue weighted by Gasteiger charge is 2.13. The van der Waals surface area contributed by atoms with Crippen LogP contribution >= 0.6 is 11.6 Å². The molecule has 0 atom stereocenters. The summed E-state index contributed by atoms with van der Waals surface area (Å²) in [5.74, 6) is -1.42. The maximum absolute atomic E-state index is 12.1. The molecule has 2 rings (SSSR count). The number of anilines is 1. The molecule has 0 saturated carbocycles. The molecule has 0 saturated heterocycles. The first-order valence-electron chi connectivity index (χ1n) is 5.86. The van der Waals surface area contributed by atoms with E-state index in [1.165, 1.54) is 18.2 Å². The predicted octanol–water partition coefficient (Wildman–Crippen LogP) is 2.94. The lowest BCUT2D eigenvalue weighted by Crippen LogP contribution is -2.16. The zero-order valence-corrected chi connectivity index (χ0v) is 11.7.